The molecular formula is C19H23N5O5S. The van der Waals surface area contributed by atoms with Gasteiger partial charge in [-0.1, -0.05) is 23.9 Å². The quantitative estimate of drug-likeness (QED) is 0.544. The van der Waals surface area contributed by atoms with Crippen molar-refractivity contribution in [1.29, 1.82) is 0 Å². The second-order valence-electron chi connectivity index (χ2n) is 6.57. The molecule has 0 bridgehead atoms. The first-order valence-electron chi connectivity index (χ1n) is 9.26. The fourth-order valence-corrected chi connectivity index (χ4v) is 3.48. The first-order chi connectivity index (χ1) is 14.3. The average Bonchev–Trinajstić information content (AvgIpc) is 3.13. The molecule has 0 atom stereocenters. The van der Waals surface area contributed by atoms with Crippen molar-refractivity contribution < 1.29 is 22.8 Å². The molecule has 1 aromatic heterocycles. The lowest BCUT2D eigenvalue weighted by atomic mass is 10.3. The topological polar surface area (TPSA) is 116 Å². The summed E-state index contributed by atoms with van der Waals surface area (Å²) in [7, 11) is -0.747. The maximum atomic E-state index is 12.3. The van der Waals surface area contributed by atoms with Crippen LogP contribution in [0.5, 0.6) is 5.75 Å². The molecule has 0 aliphatic carbocycles. The molecule has 1 amide bonds. The Balaban J connectivity index is 1.72. The maximum absolute atomic E-state index is 12.3. The Kier molecular flexibility index (Phi) is 6.53. The van der Waals surface area contributed by atoms with E-state index in [2.05, 4.69) is 15.6 Å². The van der Waals surface area contributed by atoms with E-state index in [0.29, 0.717) is 29.1 Å². The van der Waals surface area contributed by atoms with Crippen LogP contribution in [0.25, 0.3) is 11.0 Å². The number of hydrogen-bond acceptors (Lipinski definition) is 7. The second kappa shape index (κ2) is 9.09. The van der Waals surface area contributed by atoms with Gasteiger partial charge in [0.05, 0.1) is 17.2 Å². The highest BCUT2D eigenvalue weighted by atomic mass is 32.2. The number of rotatable bonds is 9. The number of aromatic nitrogens is 3. The molecule has 2 aromatic carbocycles. The number of ether oxygens (including phenoxy) is 1. The molecule has 0 unspecified atom stereocenters. The van der Waals surface area contributed by atoms with E-state index < -0.39 is 15.9 Å². The predicted octanol–water partition coefficient (Wildman–Crippen LogP) is 1.54. The standard InChI is InChI=1S/C19H23N5O5S/c1-4-11-28-18-8-6-5-7-16(18)20-19(25)13-29-24-17-12-14(30(26,27)23(2)3)9-10-15(17)21-22-24/h5-10,12H,4,11,13H2,1-3H3,(H,20,25). The Hall–Kier alpha value is -3.18. The molecule has 0 aliphatic heterocycles. The third kappa shape index (κ3) is 4.69. The molecule has 1 N–H and O–H groups in total. The third-order valence-corrected chi connectivity index (χ3v) is 5.92. The van der Waals surface area contributed by atoms with Crippen molar-refractivity contribution in [1.82, 2.24) is 19.5 Å². The number of amides is 1. The van der Waals surface area contributed by atoms with E-state index >= 15 is 0 Å². The van der Waals surface area contributed by atoms with E-state index in [1.165, 1.54) is 32.3 Å². The van der Waals surface area contributed by atoms with Gasteiger partial charge in [-0.15, -0.1) is 5.10 Å². The van der Waals surface area contributed by atoms with E-state index in [1.807, 2.05) is 13.0 Å². The van der Waals surface area contributed by atoms with Crippen LogP contribution in [0.1, 0.15) is 13.3 Å². The van der Waals surface area contributed by atoms with E-state index in [-0.39, 0.29) is 11.5 Å². The lowest BCUT2D eigenvalue weighted by molar-refractivity contribution is -0.121. The van der Waals surface area contributed by atoms with Crippen LogP contribution in [-0.4, -0.2) is 61.1 Å². The minimum Gasteiger partial charge on any atom is -0.491 e. The number of nitrogens with zero attached hydrogens (tertiary/aromatic N) is 4. The molecule has 0 saturated heterocycles. The van der Waals surface area contributed by atoms with Crippen LogP contribution < -0.4 is 14.9 Å². The number of para-hydroxylation sites is 2. The Morgan fingerprint density at radius 1 is 1.20 bits per heavy atom. The van der Waals surface area contributed by atoms with Gasteiger partial charge in [0.2, 0.25) is 10.0 Å². The smallest absolute Gasteiger partial charge is 0.265 e. The second-order valence-corrected chi connectivity index (χ2v) is 8.72. The van der Waals surface area contributed by atoms with Gasteiger partial charge in [0, 0.05) is 14.1 Å². The third-order valence-electron chi connectivity index (χ3n) is 4.11. The number of fused-ring (bicyclic) bond motifs is 1. The average molecular weight is 433 g/mol. The van der Waals surface area contributed by atoms with Crippen molar-refractivity contribution in [2.75, 3.05) is 32.6 Å². The van der Waals surface area contributed by atoms with Crippen molar-refractivity contribution >= 4 is 32.7 Å². The molecule has 0 fully saturated rings. The summed E-state index contributed by atoms with van der Waals surface area (Å²) in [6.45, 7) is 2.17. The van der Waals surface area contributed by atoms with Crippen LogP contribution in [-0.2, 0) is 14.8 Å². The molecule has 10 nitrogen and oxygen atoms in total. The fourth-order valence-electron chi connectivity index (χ4n) is 2.56. The summed E-state index contributed by atoms with van der Waals surface area (Å²) in [6, 6.07) is 11.5. The highest BCUT2D eigenvalue weighted by Crippen LogP contribution is 2.24. The molecule has 0 saturated carbocycles. The number of sulfonamides is 1. The summed E-state index contributed by atoms with van der Waals surface area (Å²) in [4.78, 5) is 18.9. The summed E-state index contributed by atoms with van der Waals surface area (Å²) in [5.41, 5.74) is 1.30. The number of carbonyl (C=O) groups excluding carboxylic acids is 1. The van der Waals surface area contributed by atoms with Crippen LogP contribution in [0.4, 0.5) is 5.69 Å². The van der Waals surface area contributed by atoms with Gasteiger partial charge in [0.1, 0.15) is 16.8 Å². The van der Waals surface area contributed by atoms with Crippen molar-refractivity contribution in [2.24, 2.45) is 0 Å². The molecule has 0 radical (unpaired) electrons. The van der Waals surface area contributed by atoms with Crippen LogP contribution >= 0.6 is 0 Å². The van der Waals surface area contributed by atoms with Crippen molar-refractivity contribution in [3.05, 3.63) is 42.5 Å². The first-order valence-corrected chi connectivity index (χ1v) is 10.7. The van der Waals surface area contributed by atoms with Gasteiger partial charge in [0.15, 0.2) is 6.61 Å². The molecule has 0 aliphatic rings. The van der Waals surface area contributed by atoms with Crippen LogP contribution in [0.15, 0.2) is 47.4 Å². The van der Waals surface area contributed by atoms with Crippen LogP contribution in [0, 0.1) is 0 Å². The summed E-state index contributed by atoms with van der Waals surface area (Å²) < 4.78 is 31.4. The molecule has 30 heavy (non-hydrogen) atoms. The summed E-state index contributed by atoms with van der Waals surface area (Å²) in [5, 5.41) is 10.5. The normalized spacial score (nSPS) is 11.6. The number of hydrogen-bond donors (Lipinski definition) is 1. The molecule has 3 aromatic rings. The van der Waals surface area contributed by atoms with Crippen molar-refractivity contribution in [2.45, 2.75) is 18.2 Å². The minimum absolute atomic E-state index is 0.0681. The molecule has 11 heteroatoms. The number of nitrogens with one attached hydrogen (secondary N) is 1. The van der Waals surface area contributed by atoms with Crippen molar-refractivity contribution in [3.63, 3.8) is 0 Å². The summed E-state index contributed by atoms with van der Waals surface area (Å²) in [5.74, 6) is 0.140. The lowest BCUT2D eigenvalue weighted by Gasteiger charge is -2.12. The highest BCUT2D eigenvalue weighted by Gasteiger charge is 2.19. The Labute approximate surface area is 174 Å². The number of carbonyl (C=O) groups is 1. The first kappa shape index (κ1) is 21.5. The maximum Gasteiger partial charge on any atom is 0.265 e. The zero-order valence-electron chi connectivity index (χ0n) is 16.9. The van der Waals surface area contributed by atoms with Gasteiger partial charge in [0.25, 0.3) is 5.91 Å². The van der Waals surface area contributed by atoms with Gasteiger partial charge in [-0.25, -0.2) is 12.7 Å². The van der Waals surface area contributed by atoms with Crippen molar-refractivity contribution in [3.8, 4) is 5.75 Å². The number of benzene rings is 2. The summed E-state index contributed by atoms with van der Waals surface area (Å²) >= 11 is 0. The molecular weight excluding hydrogens is 410 g/mol. The summed E-state index contributed by atoms with van der Waals surface area (Å²) in [6.07, 6.45) is 0.844. The SMILES string of the molecule is CCCOc1ccccc1NC(=O)COn1nnc2ccc(S(=O)(=O)N(C)C)cc21. The molecule has 160 valence electrons. The van der Waals surface area contributed by atoms with E-state index in [0.717, 1.165) is 15.6 Å². The van der Waals surface area contributed by atoms with E-state index in [4.69, 9.17) is 9.57 Å². The van der Waals surface area contributed by atoms with Gasteiger partial charge < -0.3 is 14.9 Å². The Bertz CT molecular complexity index is 1140. The Morgan fingerprint density at radius 3 is 2.70 bits per heavy atom. The number of anilines is 1. The van der Waals surface area contributed by atoms with Gasteiger partial charge in [-0.2, -0.15) is 0 Å². The monoisotopic (exact) mass is 433 g/mol. The molecule has 3 rings (SSSR count). The predicted molar refractivity (Wildman–Crippen MR) is 111 cm³/mol. The minimum atomic E-state index is -3.63. The van der Waals surface area contributed by atoms with Crippen LogP contribution in [0.2, 0.25) is 0 Å². The van der Waals surface area contributed by atoms with Gasteiger partial charge in [-0.05, 0) is 42.0 Å². The van der Waals surface area contributed by atoms with Gasteiger partial charge in [-0.3, -0.25) is 4.79 Å². The van der Waals surface area contributed by atoms with E-state index in [9.17, 15) is 13.2 Å². The van der Waals surface area contributed by atoms with Gasteiger partial charge >= 0.3 is 0 Å². The van der Waals surface area contributed by atoms with Crippen LogP contribution in [0.3, 0.4) is 0 Å². The molecule has 0 spiro atoms. The zero-order chi connectivity index (χ0) is 21.7. The Morgan fingerprint density at radius 2 is 1.97 bits per heavy atom. The molecule has 1 heterocycles. The lowest BCUT2D eigenvalue weighted by Crippen LogP contribution is -2.26. The fraction of sp³-hybridized carbons (Fsp3) is 0.316. The highest BCUT2D eigenvalue weighted by molar-refractivity contribution is 7.89. The van der Waals surface area contributed by atoms with E-state index in [1.54, 1.807) is 18.2 Å². The zero-order valence-corrected chi connectivity index (χ0v) is 17.7. The largest absolute Gasteiger partial charge is 0.491 e.